The monoisotopic (exact) mass is 298 g/mol. The lowest BCUT2D eigenvalue weighted by molar-refractivity contribution is 0.0972. The highest BCUT2D eigenvalue weighted by molar-refractivity contribution is 5.89. The number of piperidine rings is 3. The van der Waals surface area contributed by atoms with Crippen LogP contribution < -0.4 is 11.1 Å². The molecular formula is C16H22N6. The highest BCUT2D eigenvalue weighted by atomic mass is 15.2. The number of aromatic nitrogens is 3. The molecule has 0 amide bonds. The van der Waals surface area contributed by atoms with Gasteiger partial charge in [0.05, 0.1) is 5.39 Å². The Morgan fingerprint density at radius 2 is 1.95 bits per heavy atom. The Balaban J connectivity index is 1.68. The Morgan fingerprint density at radius 3 is 2.64 bits per heavy atom. The van der Waals surface area contributed by atoms with E-state index < -0.39 is 0 Å². The molecule has 22 heavy (non-hydrogen) atoms. The fraction of sp³-hybridized carbons (Fsp3) is 0.562. The molecular weight excluding hydrogens is 276 g/mol. The van der Waals surface area contributed by atoms with Crippen LogP contribution in [0.3, 0.4) is 0 Å². The minimum Gasteiger partial charge on any atom is -0.383 e. The second-order valence-electron chi connectivity index (χ2n) is 6.60. The van der Waals surface area contributed by atoms with Crippen LogP contribution in [0.1, 0.15) is 24.1 Å². The number of aryl methyl sites for hydroxylation is 2. The van der Waals surface area contributed by atoms with Crippen molar-refractivity contribution in [1.29, 1.82) is 0 Å². The molecule has 2 aromatic heterocycles. The van der Waals surface area contributed by atoms with E-state index in [0.717, 1.165) is 29.1 Å². The summed E-state index contributed by atoms with van der Waals surface area (Å²) in [4.78, 5) is 16.1. The SMILES string of the molecule is Cc1cc(C)c2c(N)nc(NC3CN4CCC3CC4)nc2n1. The first-order chi connectivity index (χ1) is 10.6. The van der Waals surface area contributed by atoms with Gasteiger partial charge in [-0.3, -0.25) is 0 Å². The molecule has 3 saturated heterocycles. The molecule has 3 aliphatic heterocycles. The van der Waals surface area contributed by atoms with Gasteiger partial charge in [-0.2, -0.15) is 9.97 Å². The maximum Gasteiger partial charge on any atom is 0.226 e. The fourth-order valence-electron chi connectivity index (χ4n) is 3.87. The number of nitrogens with zero attached hydrogens (tertiary/aromatic N) is 4. The molecule has 0 saturated carbocycles. The number of anilines is 2. The van der Waals surface area contributed by atoms with E-state index in [-0.39, 0.29) is 0 Å². The zero-order valence-corrected chi connectivity index (χ0v) is 13.1. The highest BCUT2D eigenvalue weighted by Crippen LogP contribution is 2.30. The third-order valence-electron chi connectivity index (χ3n) is 4.99. The molecule has 1 unspecified atom stereocenters. The van der Waals surface area contributed by atoms with Crippen molar-refractivity contribution in [3.05, 3.63) is 17.3 Å². The van der Waals surface area contributed by atoms with Crippen molar-refractivity contribution in [2.24, 2.45) is 5.92 Å². The van der Waals surface area contributed by atoms with Gasteiger partial charge in [-0.05, 0) is 57.3 Å². The molecule has 2 bridgehead atoms. The zero-order chi connectivity index (χ0) is 15.3. The summed E-state index contributed by atoms with van der Waals surface area (Å²) in [5, 5.41) is 4.37. The molecule has 5 heterocycles. The van der Waals surface area contributed by atoms with E-state index in [1.54, 1.807) is 0 Å². The van der Waals surface area contributed by atoms with Gasteiger partial charge >= 0.3 is 0 Å². The van der Waals surface area contributed by atoms with E-state index in [2.05, 4.69) is 25.2 Å². The van der Waals surface area contributed by atoms with Crippen molar-refractivity contribution < 1.29 is 0 Å². The predicted molar refractivity (Wildman–Crippen MR) is 87.8 cm³/mol. The van der Waals surface area contributed by atoms with Gasteiger partial charge in [0.1, 0.15) is 5.82 Å². The van der Waals surface area contributed by atoms with Gasteiger partial charge < -0.3 is 16.0 Å². The largest absolute Gasteiger partial charge is 0.383 e. The van der Waals surface area contributed by atoms with Crippen LogP contribution in [-0.4, -0.2) is 45.5 Å². The van der Waals surface area contributed by atoms with Gasteiger partial charge in [-0.15, -0.1) is 0 Å². The van der Waals surface area contributed by atoms with Crippen LogP contribution in [-0.2, 0) is 0 Å². The van der Waals surface area contributed by atoms with Crippen molar-refractivity contribution in [3.8, 4) is 0 Å². The van der Waals surface area contributed by atoms with Gasteiger partial charge in [0, 0.05) is 18.3 Å². The fourth-order valence-corrected chi connectivity index (χ4v) is 3.87. The van der Waals surface area contributed by atoms with Crippen LogP contribution >= 0.6 is 0 Å². The summed E-state index contributed by atoms with van der Waals surface area (Å²) in [6, 6.07) is 2.44. The first kappa shape index (κ1) is 13.7. The second-order valence-corrected chi connectivity index (χ2v) is 6.60. The van der Waals surface area contributed by atoms with Crippen LogP contribution in [0.25, 0.3) is 11.0 Å². The molecule has 0 radical (unpaired) electrons. The second kappa shape index (κ2) is 5.05. The summed E-state index contributed by atoms with van der Waals surface area (Å²) in [5.41, 5.74) is 8.87. The standard InChI is InChI=1S/C16H22N6/c1-9-7-10(2)18-15-13(9)14(17)20-16(21-15)19-12-8-22-5-3-11(12)4-6-22/h7,11-12H,3-6,8H2,1-2H3,(H3,17,18,19,20,21). The van der Waals surface area contributed by atoms with Crippen LogP contribution in [0.5, 0.6) is 0 Å². The average molecular weight is 298 g/mol. The molecule has 5 rings (SSSR count). The summed E-state index contributed by atoms with van der Waals surface area (Å²) in [7, 11) is 0. The number of hydrogen-bond acceptors (Lipinski definition) is 6. The van der Waals surface area contributed by atoms with E-state index >= 15 is 0 Å². The quantitative estimate of drug-likeness (QED) is 0.879. The molecule has 3 aliphatic rings. The normalized spacial score (nSPS) is 27.3. The number of rotatable bonds is 2. The van der Waals surface area contributed by atoms with Crippen molar-refractivity contribution in [2.75, 3.05) is 30.7 Å². The summed E-state index contributed by atoms with van der Waals surface area (Å²) < 4.78 is 0. The predicted octanol–water partition coefficient (Wildman–Crippen LogP) is 1.73. The number of hydrogen-bond donors (Lipinski definition) is 2. The van der Waals surface area contributed by atoms with Crippen molar-refractivity contribution >= 4 is 22.8 Å². The van der Waals surface area contributed by atoms with Gasteiger partial charge in [0.15, 0.2) is 5.65 Å². The van der Waals surface area contributed by atoms with Crippen molar-refractivity contribution in [3.63, 3.8) is 0 Å². The van der Waals surface area contributed by atoms with E-state index in [1.165, 1.54) is 25.9 Å². The number of nitrogens with one attached hydrogen (secondary N) is 1. The first-order valence-corrected chi connectivity index (χ1v) is 8.00. The molecule has 116 valence electrons. The average Bonchev–Trinajstić information content (AvgIpc) is 2.47. The smallest absolute Gasteiger partial charge is 0.226 e. The van der Waals surface area contributed by atoms with Gasteiger partial charge in [-0.25, -0.2) is 4.98 Å². The molecule has 0 aliphatic carbocycles. The Hall–Kier alpha value is -1.95. The lowest BCUT2D eigenvalue weighted by atomic mass is 9.84. The molecule has 6 heteroatoms. The minimum absolute atomic E-state index is 0.422. The highest BCUT2D eigenvalue weighted by Gasteiger charge is 2.34. The maximum atomic E-state index is 6.15. The van der Waals surface area contributed by atoms with Gasteiger partial charge in [0.25, 0.3) is 0 Å². The molecule has 2 aromatic rings. The number of nitrogen functional groups attached to an aromatic ring is 1. The first-order valence-electron chi connectivity index (χ1n) is 8.00. The number of fused-ring (bicyclic) bond motifs is 4. The Morgan fingerprint density at radius 1 is 1.18 bits per heavy atom. The summed E-state index contributed by atoms with van der Waals surface area (Å²) >= 11 is 0. The molecule has 0 spiro atoms. The van der Waals surface area contributed by atoms with Crippen LogP contribution in [0.2, 0.25) is 0 Å². The van der Waals surface area contributed by atoms with E-state index in [9.17, 15) is 0 Å². The Labute approximate surface area is 130 Å². The molecule has 6 nitrogen and oxygen atoms in total. The topological polar surface area (TPSA) is 80.0 Å². The molecule has 1 atom stereocenters. The maximum absolute atomic E-state index is 6.15. The minimum atomic E-state index is 0.422. The van der Waals surface area contributed by atoms with Crippen molar-refractivity contribution in [2.45, 2.75) is 32.7 Å². The Bertz CT molecular complexity index is 720. The third kappa shape index (κ3) is 2.27. The van der Waals surface area contributed by atoms with Gasteiger partial charge in [-0.1, -0.05) is 0 Å². The molecule has 3 N–H and O–H groups in total. The van der Waals surface area contributed by atoms with E-state index in [4.69, 9.17) is 5.73 Å². The van der Waals surface area contributed by atoms with E-state index in [0.29, 0.717) is 23.5 Å². The van der Waals surface area contributed by atoms with Crippen LogP contribution in [0.15, 0.2) is 6.07 Å². The lowest BCUT2D eigenvalue weighted by Gasteiger charge is -2.44. The summed E-state index contributed by atoms with van der Waals surface area (Å²) in [6.07, 6.45) is 2.52. The van der Waals surface area contributed by atoms with Crippen molar-refractivity contribution in [1.82, 2.24) is 19.9 Å². The number of pyridine rings is 1. The zero-order valence-electron chi connectivity index (χ0n) is 13.1. The number of nitrogens with two attached hydrogens (primary N) is 1. The van der Waals surface area contributed by atoms with Crippen LogP contribution in [0.4, 0.5) is 11.8 Å². The van der Waals surface area contributed by atoms with Crippen LogP contribution in [0, 0.1) is 19.8 Å². The Kier molecular flexibility index (Phi) is 3.14. The molecule has 0 aromatic carbocycles. The lowest BCUT2D eigenvalue weighted by Crippen LogP contribution is -2.53. The van der Waals surface area contributed by atoms with E-state index in [1.807, 2.05) is 19.9 Å². The summed E-state index contributed by atoms with van der Waals surface area (Å²) in [6.45, 7) is 7.53. The van der Waals surface area contributed by atoms with Gasteiger partial charge in [0.2, 0.25) is 5.95 Å². The third-order valence-corrected chi connectivity index (χ3v) is 4.99. The molecule has 3 fully saturated rings. The summed E-state index contributed by atoms with van der Waals surface area (Å²) in [5.74, 6) is 1.85.